The summed E-state index contributed by atoms with van der Waals surface area (Å²) in [6.07, 6.45) is 1.59. The molecule has 2 aromatic rings. The molecule has 5 nitrogen and oxygen atoms in total. The number of nitrogens with zero attached hydrogens (tertiary/aromatic N) is 2. The number of anilines is 2. The Kier molecular flexibility index (Phi) is 4.56. The summed E-state index contributed by atoms with van der Waals surface area (Å²) in [5.74, 6) is -0.325. The maximum Gasteiger partial charge on any atom is 0.273 e. The van der Waals surface area contributed by atoms with Gasteiger partial charge in [0, 0.05) is 25.5 Å². The molecular formula is C16H18N4O. The third kappa shape index (κ3) is 3.82. The van der Waals surface area contributed by atoms with Crippen LogP contribution >= 0.6 is 0 Å². The quantitative estimate of drug-likeness (QED) is 0.512. The number of rotatable bonds is 4. The molecule has 3 N–H and O–H groups in total. The molecule has 0 aliphatic rings. The zero-order valence-corrected chi connectivity index (χ0v) is 12.1. The molecule has 0 saturated carbocycles. The first-order valence-electron chi connectivity index (χ1n) is 6.53. The Morgan fingerprint density at radius 1 is 1.14 bits per heavy atom. The maximum atomic E-state index is 11.9. The number of hydrogen-bond donors (Lipinski definition) is 2. The highest BCUT2D eigenvalue weighted by atomic mass is 16.2. The van der Waals surface area contributed by atoms with Crippen LogP contribution in [0, 0.1) is 0 Å². The van der Waals surface area contributed by atoms with E-state index in [1.807, 2.05) is 43.3 Å². The topological polar surface area (TPSA) is 70.7 Å². The molecule has 0 heterocycles. The van der Waals surface area contributed by atoms with E-state index in [-0.39, 0.29) is 5.91 Å². The lowest BCUT2D eigenvalue weighted by atomic mass is 10.2. The van der Waals surface area contributed by atoms with Gasteiger partial charge in [-0.15, -0.1) is 0 Å². The van der Waals surface area contributed by atoms with E-state index in [4.69, 9.17) is 5.73 Å². The Hall–Kier alpha value is -2.82. The average molecular weight is 282 g/mol. The molecule has 108 valence electrons. The summed E-state index contributed by atoms with van der Waals surface area (Å²) >= 11 is 0. The van der Waals surface area contributed by atoms with E-state index < -0.39 is 0 Å². The fourth-order valence-electron chi connectivity index (χ4n) is 1.79. The predicted octanol–water partition coefficient (Wildman–Crippen LogP) is 2.10. The van der Waals surface area contributed by atoms with Gasteiger partial charge in [-0.2, -0.15) is 5.10 Å². The molecule has 1 amide bonds. The zero-order valence-electron chi connectivity index (χ0n) is 12.1. The van der Waals surface area contributed by atoms with Crippen LogP contribution in [0.5, 0.6) is 0 Å². The van der Waals surface area contributed by atoms with Crippen molar-refractivity contribution in [2.75, 3.05) is 24.7 Å². The Balaban J connectivity index is 1.99. The van der Waals surface area contributed by atoms with Gasteiger partial charge in [0.2, 0.25) is 0 Å². The van der Waals surface area contributed by atoms with E-state index in [0.717, 1.165) is 11.3 Å². The molecule has 0 aromatic heterocycles. The number of nitrogens with one attached hydrogen (secondary N) is 1. The molecule has 0 spiro atoms. The average Bonchev–Trinajstić information content (AvgIpc) is 2.48. The van der Waals surface area contributed by atoms with Crippen LogP contribution in [0.1, 0.15) is 15.9 Å². The fourth-order valence-corrected chi connectivity index (χ4v) is 1.79. The summed E-state index contributed by atoms with van der Waals surface area (Å²) in [7, 11) is 3.96. The lowest BCUT2D eigenvalue weighted by molar-refractivity contribution is 0.0956. The third-order valence-electron chi connectivity index (χ3n) is 2.99. The molecular weight excluding hydrogens is 264 g/mol. The lowest BCUT2D eigenvalue weighted by Crippen LogP contribution is -2.19. The molecule has 0 aliphatic heterocycles. The summed E-state index contributed by atoms with van der Waals surface area (Å²) in [6, 6.07) is 14.7. The molecule has 0 fully saturated rings. The highest BCUT2D eigenvalue weighted by Gasteiger charge is 2.06. The molecule has 0 aliphatic carbocycles. The molecule has 5 heteroatoms. The first-order chi connectivity index (χ1) is 10.1. The van der Waals surface area contributed by atoms with Crippen molar-refractivity contribution in [3.05, 3.63) is 59.7 Å². The summed E-state index contributed by atoms with van der Waals surface area (Å²) in [6.45, 7) is 0. The SMILES string of the molecule is CN(C)c1ccc(/C=N/NC(=O)c2ccccc2N)cc1. The smallest absolute Gasteiger partial charge is 0.273 e. The van der Waals surface area contributed by atoms with Gasteiger partial charge in [-0.25, -0.2) is 5.43 Å². The molecule has 0 unspecified atom stereocenters. The van der Waals surface area contributed by atoms with Gasteiger partial charge in [0.05, 0.1) is 11.8 Å². The third-order valence-corrected chi connectivity index (χ3v) is 2.99. The van der Waals surface area contributed by atoms with Gasteiger partial charge >= 0.3 is 0 Å². The van der Waals surface area contributed by atoms with Crippen molar-refractivity contribution in [2.24, 2.45) is 5.10 Å². The molecule has 0 bridgehead atoms. The van der Waals surface area contributed by atoms with Crippen molar-refractivity contribution in [1.29, 1.82) is 0 Å². The summed E-state index contributed by atoms with van der Waals surface area (Å²) in [5, 5.41) is 3.94. The second-order valence-electron chi connectivity index (χ2n) is 4.77. The second kappa shape index (κ2) is 6.56. The molecule has 0 atom stereocenters. The Morgan fingerprint density at radius 2 is 1.81 bits per heavy atom. The largest absolute Gasteiger partial charge is 0.398 e. The van der Waals surface area contributed by atoms with Crippen LogP contribution < -0.4 is 16.1 Å². The van der Waals surface area contributed by atoms with E-state index in [1.54, 1.807) is 30.5 Å². The van der Waals surface area contributed by atoms with Crippen molar-refractivity contribution < 1.29 is 4.79 Å². The first kappa shape index (κ1) is 14.6. The van der Waals surface area contributed by atoms with Crippen molar-refractivity contribution in [1.82, 2.24) is 5.43 Å². The van der Waals surface area contributed by atoms with Gasteiger partial charge < -0.3 is 10.6 Å². The van der Waals surface area contributed by atoms with E-state index in [1.165, 1.54) is 0 Å². The van der Waals surface area contributed by atoms with Crippen LogP contribution in [-0.2, 0) is 0 Å². The number of para-hydroxylation sites is 1. The minimum Gasteiger partial charge on any atom is -0.398 e. The molecule has 2 aromatic carbocycles. The highest BCUT2D eigenvalue weighted by Crippen LogP contribution is 2.11. The summed E-state index contributed by atoms with van der Waals surface area (Å²) in [5.41, 5.74) is 11.1. The predicted molar refractivity (Wildman–Crippen MR) is 86.7 cm³/mol. The van der Waals surface area contributed by atoms with Gasteiger partial charge in [-0.05, 0) is 29.8 Å². The number of nitrogen functional groups attached to an aromatic ring is 1. The van der Waals surface area contributed by atoms with E-state index >= 15 is 0 Å². The number of nitrogens with two attached hydrogens (primary N) is 1. The maximum absolute atomic E-state index is 11.9. The van der Waals surface area contributed by atoms with Crippen LogP contribution in [0.25, 0.3) is 0 Å². The minimum absolute atomic E-state index is 0.325. The van der Waals surface area contributed by atoms with Gasteiger partial charge in [0.15, 0.2) is 0 Å². The molecule has 21 heavy (non-hydrogen) atoms. The minimum atomic E-state index is -0.325. The Morgan fingerprint density at radius 3 is 2.43 bits per heavy atom. The van der Waals surface area contributed by atoms with Crippen molar-refractivity contribution in [3.63, 3.8) is 0 Å². The Bertz CT molecular complexity index is 648. The normalized spacial score (nSPS) is 10.6. The van der Waals surface area contributed by atoms with Crippen LogP contribution in [0.4, 0.5) is 11.4 Å². The number of hydrogen-bond acceptors (Lipinski definition) is 4. The van der Waals surface area contributed by atoms with Crippen molar-refractivity contribution in [3.8, 4) is 0 Å². The molecule has 0 radical (unpaired) electrons. The number of amides is 1. The van der Waals surface area contributed by atoms with Crippen LogP contribution in [0.3, 0.4) is 0 Å². The summed E-state index contributed by atoms with van der Waals surface area (Å²) in [4.78, 5) is 13.9. The zero-order chi connectivity index (χ0) is 15.2. The second-order valence-corrected chi connectivity index (χ2v) is 4.77. The van der Waals surface area contributed by atoms with E-state index in [0.29, 0.717) is 11.3 Å². The molecule has 2 rings (SSSR count). The van der Waals surface area contributed by atoms with Crippen LogP contribution in [-0.4, -0.2) is 26.2 Å². The highest BCUT2D eigenvalue weighted by molar-refractivity contribution is 5.99. The Labute approximate surface area is 124 Å². The van der Waals surface area contributed by atoms with Gasteiger partial charge in [-0.1, -0.05) is 24.3 Å². The van der Waals surface area contributed by atoms with Crippen molar-refractivity contribution >= 4 is 23.5 Å². The number of carbonyl (C=O) groups is 1. The van der Waals surface area contributed by atoms with E-state index in [2.05, 4.69) is 10.5 Å². The van der Waals surface area contributed by atoms with E-state index in [9.17, 15) is 4.79 Å². The monoisotopic (exact) mass is 282 g/mol. The number of carbonyl (C=O) groups excluding carboxylic acids is 1. The van der Waals surface area contributed by atoms with Crippen LogP contribution in [0.2, 0.25) is 0 Å². The van der Waals surface area contributed by atoms with Gasteiger partial charge in [-0.3, -0.25) is 4.79 Å². The van der Waals surface area contributed by atoms with Gasteiger partial charge in [0.25, 0.3) is 5.91 Å². The summed E-state index contributed by atoms with van der Waals surface area (Å²) < 4.78 is 0. The fraction of sp³-hybridized carbons (Fsp3) is 0.125. The molecule has 0 saturated heterocycles. The lowest BCUT2D eigenvalue weighted by Gasteiger charge is -2.11. The van der Waals surface area contributed by atoms with Crippen molar-refractivity contribution in [2.45, 2.75) is 0 Å². The number of benzene rings is 2. The van der Waals surface area contributed by atoms with Gasteiger partial charge in [0.1, 0.15) is 0 Å². The number of hydrazone groups is 1. The first-order valence-corrected chi connectivity index (χ1v) is 6.53. The standard InChI is InChI=1S/C16H18N4O/c1-20(2)13-9-7-12(8-10-13)11-18-19-16(21)14-5-3-4-6-15(14)17/h3-11H,17H2,1-2H3,(H,19,21)/b18-11+. The van der Waals surface area contributed by atoms with Crippen LogP contribution in [0.15, 0.2) is 53.6 Å².